The SMILES string of the molecule is CC(C)(COc1ncc(Cl)c(-n2cnc3ccccc32)n1)c1ccncc1. The van der Waals surface area contributed by atoms with Crippen LogP contribution < -0.4 is 4.74 Å². The van der Waals surface area contributed by atoms with Crippen molar-refractivity contribution in [3.8, 4) is 11.8 Å². The van der Waals surface area contributed by atoms with Crippen molar-refractivity contribution in [2.75, 3.05) is 6.61 Å². The molecule has 0 fully saturated rings. The fourth-order valence-electron chi connectivity index (χ4n) is 2.84. The zero-order valence-corrected chi connectivity index (χ0v) is 15.8. The summed E-state index contributed by atoms with van der Waals surface area (Å²) in [6.07, 6.45) is 6.80. The highest BCUT2D eigenvalue weighted by Gasteiger charge is 2.22. The highest BCUT2D eigenvalue weighted by Crippen LogP contribution is 2.26. The number of benzene rings is 1. The summed E-state index contributed by atoms with van der Waals surface area (Å²) in [5.74, 6) is 0.539. The molecule has 0 saturated heterocycles. The molecule has 0 spiro atoms. The lowest BCUT2D eigenvalue weighted by Crippen LogP contribution is -2.26. The first-order chi connectivity index (χ1) is 13.0. The van der Waals surface area contributed by atoms with Gasteiger partial charge in [0, 0.05) is 17.8 Å². The van der Waals surface area contributed by atoms with Crippen LogP contribution >= 0.6 is 11.6 Å². The minimum absolute atomic E-state index is 0.214. The number of hydrogen-bond acceptors (Lipinski definition) is 5. The van der Waals surface area contributed by atoms with E-state index in [0.717, 1.165) is 16.6 Å². The summed E-state index contributed by atoms with van der Waals surface area (Å²) in [4.78, 5) is 17.2. The van der Waals surface area contributed by atoms with Crippen LogP contribution in [0.15, 0.2) is 61.3 Å². The molecule has 0 N–H and O–H groups in total. The van der Waals surface area contributed by atoms with Crippen molar-refractivity contribution in [1.29, 1.82) is 0 Å². The first kappa shape index (κ1) is 17.4. The molecule has 0 unspecified atom stereocenters. The van der Waals surface area contributed by atoms with Gasteiger partial charge in [0.15, 0.2) is 5.82 Å². The fourth-order valence-corrected chi connectivity index (χ4v) is 3.02. The minimum Gasteiger partial charge on any atom is -0.462 e. The third kappa shape index (κ3) is 3.48. The number of ether oxygens (including phenoxy) is 1. The van der Waals surface area contributed by atoms with E-state index in [1.807, 2.05) is 41.0 Å². The number of hydrogen-bond donors (Lipinski definition) is 0. The molecule has 0 bridgehead atoms. The first-order valence-electron chi connectivity index (χ1n) is 8.53. The summed E-state index contributed by atoms with van der Waals surface area (Å²) >= 11 is 6.34. The van der Waals surface area contributed by atoms with Crippen LogP contribution in [0.3, 0.4) is 0 Å². The third-order valence-corrected chi connectivity index (χ3v) is 4.68. The van der Waals surface area contributed by atoms with Gasteiger partial charge in [-0.3, -0.25) is 9.55 Å². The minimum atomic E-state index is -0.214. The van der Waals surface area contributed by atoms with Crippen molar-refractivity contribution in [3.05, 3.63) is 71.9 Å². The van der Waals surface area contributed by atoms with Crippen LogP contribution in [0.25, 0.3) is 16.9 Å². The molecular weight excluding hydrogens is 362 g/mol. The second-order valence-electron chi connectivity index (χ2n) is 6.84. The van der Waals surface area contributed by atoms with Gasteiger partial charge >= 0.3 is 6.01 Å². The molecule has 0 aliphatic rings. The molecule has 0 saturated carbocycles. The molecule has 6 nitrogen and oxygen atoms in total. The second kappa shape index (κ2) is 6.96. The third-order valence-electron chi connectivity index (χ3n) is 4.41. The smallest absolute Gasteiger partial charge is 0.318 e. The highest BCUT2D eigenvalue weighted by molar-refractivity contribution is 6.32. The van der Waals surface area contributed by atoms with Crippen LogP contribution in [0.4, 0.5) is 0 Å². The van der Waals surface area contributed by atoms with Crippen molar-refractivity contribution in [2.24, 2.45) is 0 Å². The average Bonchev–Trinajstić information content (AvgIpc) is 3.12. The van der Waals surface area contributed by atoms with Crippen LogP contribution in [-0.4, -0.2) is 31.1 Å². The molecule has 3 aromatic heterocycles. The Bertz CT molecular complexity index is 1080. The van der Waals surface area contributed by atoms with Crippen molar-refractivity contribution in [2.45, 2.75) is 19.3 Å². The summed E-state index contributed by atoms with van der Waals surface area (Å²) < 4.78 is 7.73. The second-order valence-corrected chi connectivity index (χ2v) is 7.24. The number of pyridine rings is 1. The van der Waals surface area contributed by atoms with E-state index in [-0.39, 0.29) is 11.4 Å². The highest BCUT2D eigenvalue weighted by atomic mass is 35.5. The van der Waals surface area contributed by atoms with Crippen LogP contribution in [-0.2, 0) is 5.41 Å². The van der Waals surface area contributed by atoms with Gasteiger partial charge in [-0.15, -0.1) is 0 Å². The number of nitrogens with zero attached hydrogens (tertiary/aromatic N) is 5. The maximum absolute atomic E-state index is 6.34. The summed E-state index contributed by atoms with van der Waals surface area (Å²) in [7, 11) is 0. The molecule has 3 heterocycles. The van der Waals surface area contributed by atoms with Gasteiger partial charge in [-0.2, -0.15) is 4.98 Å². The van der Waals surface area contributed by atoms with Gasteiger partial charge in [-0.25, -0.2) is 9.97 Å². The topological polar surface area (TPSA) is 65.7 Å². The maximum Gasteiger partial charge on any atom is 0.318 e. The lowest BCUT2D eigenvalue weighted by molar-refractivity contribution is 0.223. The van der Waals surface area contributed by atoms with Crippen molar-refractivity contribution in [1.82, 2.24) is 24.5 Å². The lowest BCUT2D eigenvalue weighted by Gasteiger charge is -2.24. The van der Waals surface area contributed by atoms with E-state index in [0.29, 0.717) is 17.4 Å². The van der Waals surface area contributed by atoms with Crippen LogP contribution in [0.2, 0.25) is 5.02 Å². The first-order valence-corrected chi connectivity index (χ1v) is 8.91. The summed E-state index contributed by atoms with van der Waals surface area (Å²) in [5, 5.41) is 0.430. The zero-order valence-electron chi connectivity index (χ0n) is 15.0. The van der Waals surface area contributed by atoms with E-state index in [1.54, 1.807) is 24.9 Å². The zero-order chi connectivity index (χ0) is 18.9. The van der Waals surface area contributed by atoms with E-state index >= 15 is 0 Å². The quantitative estimate of drug-likeness (QED) is 0.519. The molecule has 27 heavy (non-hydrogen) atoms. The summed E-state index contributed by atoms with van der Waals surface area (Å²) in [6, 6.07) is 12.0. The molecule has 4 aromatic rings. The molecule has 0 aliphatic heterocycles. The number of rotatable bonds is 5. The van der Waals surface area contributed by atoms with Crippen molar-refractivity contribution in [3.63, 3.8) is 0 Å². The number of fused-ring (bicyclic) bond motifs is 1. The molecule has 0 aliphatic carbocycles. The van der Waals surface area contributed by atoms with Gasteiger partial charge in [0.2, 0.25) is 0 Å². The van der Waals surface area contributed by atoms with Gasteiger partial charge in [0.1, 0.15) is 18.0 Å². The average molecular weight is 380 g/mol. The molecule has 1 aromatic carbocycles. The normalized spacial score (nSPS) is 11.7. The monoisotopic (exact) mass is 379 g/mol. The van der Waals surface area contributed by atoms with E-state index in [9.17, 15) is 0 Å². The van der Waals surface area contributed by atoms with Gasteiger partial charge in [0.25, 0.3) is 0 Å². The van der Waals surface area contributed by atoms with Crippen LogP contribution in [0, 0.1) is 0 Å². The van der Waals surface area contributed by atoms with E-state index < -0.39 is 0 Å². The van der Waals surface area contributed by atoms with Crippen molar-refractivity contribution < 1.29 is 4.74 Å². The predicted octanol–water partition coefficient (Wildman–Crippen LogP) is 4.22. The van der Waals surface area contributed by atoms with E-state index in [1.165, 1.54) is 0 Å². The molecule has 0 atom stereocenters. The van der Waals surface area contributed by atoms with E-state index in [4.69, 9.17) is 16.3 Å². The maximum atomic E-state index is 6.34. The molecule has 4 rings (SSSR count). The summed E-state index contributed by atoms with van der Waals surface area (Å²) in [5.41, 5.74) is 2.70. The van der Waals surface area contributed by atoms with Crippen LogP contribution in [0.1, 0.15) is 19.4 Å². The van der Waals surface area contributed by atoms with Gasteiger partial charge in [0.05, 0.1) is 17.2 Å². The fraction of sp³-hybridized carbons (Fsp3) is 0.200. The Balaban J connectivity index is 1.61. The van der Waals surface area contributed by atoms with Gasteiger partial charge in [-0.1, -0.05) is 37.6 Å². The molecule has 0 radical (unpaired) electrons. The lowest BCUT2D eigenvalue weighted by atomic mass is 9.86. The molecule has 136 valence electrons. The Kier molecular flexibility index (Phi) is 4.49. The number of aromatic nitrogens is 5. The number of halogens is 1. The Morgan fingerprint density at radius 3 is 2.67 bits per heavy atom. The summed E-state index contributed by atoms with van der Waals surface area (Å²) in [6.45, 7) is 4.62. The van der Waals surface area contributed by atoms with Gasteiger partial charge < -0.3 is 4.74 Å². The Morgan fingerprint density at radius 1 is 1.07 bits per heavy atom. The Morgan fingerprint density at radius 2 is 1.85 bits per heavy atom. The number of imidazole rings is 1. The number of para-hydroxylation sites is 2. The van der Waals surface area contributed by atoms with Crippen molar-refractivity contribution >= 4 is 22.6 Å². The predicted molar refractivity (Wildman–Crippen MR) is 104 cm³/mol. The Hall–Kier alpha value is -2.99. The van der Waals surface area contributed by atoms with Gasteiger partial charge in [-0.05, 0) is 29.8 Å². The molecule has 7 heteroatoms. The standard InChI is InChI=1S/C20H18ClN5O/c1-20(2,14-7-9-22-10-8-14)12-27-19-23-11-15(21)18(25-19)26-13-24-16-5-3-4-6-17(16)26/h3-11,13H,12H2,1-2H3. The molecule has 0 amide bonds. The van der Waals surface area contributed by atoms with Crippen LogP contribution in [0.5, 0.6) is 6.01 Å². The Labute approximate surface area is 161 Å². The van der Waals surface area contributed by atoms with E-state index in [2.05, 4.69) is 33.8 Å². The molecular formula is C20H18ClN5O. The largest absolute Gasteiger partial charge is 0.462 e.